The predicted molar refractivity (Wildman–Crippen MR) is 78.0 cm³/mol. The molecule has 1 aromatic carbocycles. The van der Waals surface area contributed by atoms with E-state index >= 15 is 0 Å². The van der Waals surface area contributed by atoms with Crippen molar-refractivity contribution >= 4 is 21.5 Å². The van der Waals surface area contributed by atoms with Gasteiger partial charge in [-0.3, -0.25) is 9.10 Å². The number of hydrogen-bond acceptors (Lipinski definition) is 4. The fourth-order valence-electron chi connectivity index (χ4n) is 2.26. The van der Waals surface area contributed by atoms with Crippen molar-refractivity contribution < 1.29 is 17.9 Å². The van der Waals surface area contributed by atoms with Gasteiger partial charge in [0.25, 0.3) is 0 Å². The lowest BCUT2D eigenvalue weighted by Gasteiger charge is -2.30. The second-order valence-corrected chi connectivity index (χ2v) is 6.81. The molecule has 0 aliphatic carbocycles. The fourth-order valence-corrected chi connectivity index (χ4v) is 3.96. The summed E-state index contributed by atoms with van der Waals surface area (Å²) >= 11 is 0. The van der Waals surface area contributed by atoms with Gasteiger partial charge in [0.15, 0.2) is 5.78 Å². The third-order valence-corrected chi connectivity index (χ3v) is 5.26. The summed E-state index contributed by atoms with van der Waals surface area (Å²) in [4.78, 5) is 11.9. The van der Waals surface area contributed by atoms with Crippen LogP contribution in [0.1, 0.15) is 36.5 Å². The Morgan fingerprint density at radius 3 is 2.75 bits per heavy atom. The highest BCUT2D eigenvalue weighted by Crippen LogP contribution is 2.33. The standard InChI is InChI=1S/C14H19NO4S/c1-3-4-9-20(17,18)15-8-7-14(16)12-6-5-11(19-2)10-13(12)15/h5-6,10H,3-4,7-9H2,1-2H3. The third-order valence-electron chi connectivity index (χ3n) is 3.41. The van der Waals surface area contributed by atoms with Gasteiger partial charge in [-0.05, 0) is 18.6 Å². The van der Waals surface area contributed by atoms with E-state index in [1.807, 2.05) is 6.92 Å². The van der Waals surface area contributed by atoms with Crippen molar-refractivity contribution in [1.82, 2.24) is 0 Å². The van der Waals surface area contributed by atoms with E-state index in [2.05, 4.69) is 0 Å². The molecule has 0 radical (unpaired) electrons. The molecule has 0 saturated carbocycles. The topological polar surface area (TPSA) is 63.7 Å². The molecule has 6 heteroatoms. The summed E-state index contributed by atoms with van der Waals surface area (Å²) in [5.41, 5.74) is 0.897. The van der Waals surface area contributed by atoms with E-state index in [9.17, 15) is 13.2 Å². The van der Waals surface area contributed by atoms with Crippen LogP contribution in [0.2, 0.25) is 0 Å². The first kappa shape index (κ1) is 14.8. The van der Waals surface area contributed by atoms with Gasteiger partial charge in [0, 0.05) is 24.6 Å². The Morgan fingerprint density at radius 1 is 1.35 bits per heavy atom. The van der Waals surface area contributed by atoms with Crippen LogP contribution in [0.3, 0.4) is 0 Å². The summed E-state index contributed by atoms with van der Waals surface area (Å²) in [6.07, 6.45) is 1.66. The molecule has 0 saturated heterocycles. The number of fused-ring (bicyclic) bond motifs is 1. The summed E-state index contributed by atoms with van der Waals surface area (Å²) < 4.78 is 31.2. The molecule has 2 rings (SSSR count). The molecule has 20 heavy (non-hydrogen) atoms. The molecule has 110 valence electrons. The zero-order chi connectivity index (χ0) is 14.8. The first-order chi connectivity index (χ1) is 9.49. The molecular formula is C14H19NO4S. The highest BCUT2D eigenvalue weighted by molar-refractivity contribution is 7.92. The lowest BCUT2D eigenvalue weighted by molar-refractivity contribution is 0.0982. The molecule has 0 fully saturated rings. The quantitative estimate of drug-likeness (QED) is 0.836. The molecular weight excluding hydrogens is 278 g/mol. The Labute approximate surface area is 119 Å². The van der Waals surface area contributed by atoms with E-state index in [0.29, 0.717) is 23.4 Å². The molecule has 1 heterocycles. The van der Waals surface area contributed by atoms with E-state index in [1.54, 1.807) is 18.2 Å². The number of carbonyl (C=O) groups is 1. The number of carbonyl (C=O) groups excluding carboxylic acids is 1. The summed E-state index contributed by atoms with van der Waals surface area (Å²) in [5.74, 6) is 0.632. The lowest BCUT2D eigenvalue weighted by atomic mass is 10.0. The van der Waals surface area contributed by atoms with Gasteiger partial charge in [-0.2, -0.15) is 0 Å². The van der Waals surface area contributed by atoms with Crippen LogP contribution in [0.4, 0.5) is 5.69 Å². The Balaban J connectivity index is 2.44. The van der Waals surface area contributed by atoms with Gasteiger partial charge in [-0.1, -0.05) is 13.3 Å². The Morgan fingerprint density at radius 2 is 2.10 bits per heavy atom. The van der Waals surface area contributed by atoms with Crippen molar-refractivity contribution in [2.45, 2.75) is 26.2 Å². The molecule has 1 aromatic rings. The van der Waals surface area contributed by atoms with Crippen molar-refractivity contribution in [3.05, 3.63) is 23.8 Å². The van der Waals surface area contributed by atoms with E-state index < -0.39 is 10.0 Å². The number of benzene rings is 1. The monoisotopic (exact) mass is 297 g/mol. The second kappa shape index (κ2) is 5.83. The molecule has 0 aromatic heterocycles. The average molecular weight is 297 g/mol. The van der Waals surface area contributed by atoms with Gasteiger partial charge >= 0.3 is 0 Å². The Bertz CT molecular complexity index is 610. The molecule has 0 bridgehead atoms. The maximum absolute atomic E-state index is 12.4. The second-order valence-electron chi connectivity index (χ2n) is 4.80. The summed E-state index contributed by atoms with van der Waals surface area (Å²) in [7, 11) is -1.87. The van der Waals surface area contributed by atoms with Crippen molar-refractivity contribution in [3.63, 3.8) is 0 Å². The third kappa shape index (κ3) is 2.80. The van der Waals surface area contributed by atoms with Gasteiger partial charge in [-0.25, -0.2) is 8.42 Å². The first-order valence-corrected chi connectivity index (χ1v) is 8.32. The zero-order valence-electron chi connectivity index (χ0n) is 11.8. The van der Waals surface area contributed by atoms with Crippen molar-refractivity contribution in [2.75, 3.05) is 23.7 Å². The SMILES string of the molecule is CCCCS(=O)(=O)N1CCC(=O)c2ccc(OC)cc21. The van der Waals surface area contributed by atoms with Crippen molar-refractivity contribution in [1.29, 1.82) is 0 Å². The van der Waals surface area contributed by atoms with Crippen molar-refractivity contribution in [2.24, 2.45) is 0 Å². The molecule has 0 atom stereocenters. The van der Waals surface area contributed by atoms with Crippen LogP contribution in [0.15, 0.2) is 18.2 Å². The number of ether oxygens (including phenoxy) is 1. The maximum Gasteiger partial charge on any atom is 0.235 e. The minimum Gasteiger partial charge on any atom is -0.497 e. The number of rotatable bonds is 5. The van der Waals surface area contributed by atoms with Crippen LogP contribution in [0.5, 0.6) is 5.75 Å². The normalized spacial score (nSPS) is 15.1. The van der Waals surface area contributed by atoms with E-state index in [-0.39, 0.29) is 24.5 Å². The number of methoxy groups -OCH3 is 1. The largest absolute Gasteiger partial charge is 0.497 e. The van der Waals surface area contributed by atoms with Gasteiger partial charge in [-0.15, -0.1) is 0 Å². The number of Topliss-reactive ketones (excluding diaryl/α,β-unsaturated/α-hetero) is 1. The van der Waals surface area contributed by atoms with E-state index in [0.717, 1.165) is 6.42 Å². The summed E-state index contributed by atoms with van der Waals surface area (Å²) in [6, 6.07) is 4.94. The van der Waals surface area contributed by atoms with Crippen LogP contribution in [0, 0.1) is 0 Å². The molecule has 0 unspecified atom stereocenters. The highest BCUT2D eigenvalue weighted by atomic mass is 32.2. The summed E-state index contributed by atoms with van der Waals surface area (Å²) in [6.45, 7) is 2.16. The highest BCUT2D eigenvalue weighted by Gasteiger charge is 2.31. The number of hydrogen-bond donors (Lipinski definition) is 0. The number of ketones is 1. The molecule has 1 aliphatic heterocycles. The fraction of sp³-hybridized carbons (Fsp3) is 0.500. The predicted octanol–water partition coefficient (Wildman–Crippen LogP) is 2.22. The lowest BCUT2D eigenvalue weighted by Crippen LogP contribution is -2.38. The Hall–Kier alpha value is -1.56. The van der Waals surface area contributed by atoms with Crippen molar-refractivity contribution in [3.8, 4) is 5.75 Å². The number of anilines is 1. The molecule has 5 nitrogen and oxygen atoms in total. The minimum atomic E-state index is -3.38. The van der Waals surface area contributed by atoms with Gasteiger partial charge < -0.3 is 4.74 Å². The van der Waals surface area contributed by atoms with Crippen LogP contribution in [-0.4, -0.2) is 33.6 Å². The van der Waals surface area contributed by atoms with Gasteiger partial charge in [0.1, 0.15) is 5.75 Å². The van der Waals surface area contributed by atoms with Crippen LogP contribution >= 0.6 is 0 Å². The van der Waals surface area contributed by atoms with Gasteiger partial charge in [0.2, 0.25) is 10.0 Å². The molecule has 1 aliphatic rings. The maximum atomic E-state index is 12.4. The average Bonchev–Trinajstić information content (AvgIpc) is 2.44. The smallest absolute Gasteiger partial charge is 0.235 e. The number of sulfonamides is 1. The van der Waals surface area contributed by atoms with Crippen LogP contribution in [0.25, 0.3) is 0 Å². The van der Waals surface area contributed by atoms with Gasteiger partial charge in [0.05, 0.1) is 18.6 Å². The molecule has 0 N–H and O–H groups in total. The van der Waals surface area contributed by atoms with Crippen LogP contribution < -0.4 is 9.04 Å². The molecule has 0 spiro atoms. The van der Waals surface area contributed by atoms with E-state index in [4.69, 9.17) is 4.74 Å². The minimum absolute atomic E-state index is 0.0235. The molecule has 0 amide bonds. The Kier molecular flexibility index (Phi) is 4.32. The number of unbranched alkanes of at least 4 members (excludes halogenated alkanes) is 1. The van der Waals surface area contributed by atoms with Crippen LogP contribution in [-0.2, 0) is 10.0 Å². The zero-order valence-corrected chi connectivity index (χ0v) is 12.6. The number of nitrogens with zero attached hydrogens (tertiary/aromatic N) is 1. The summed E-state index contributed by atoms with van der Waals surface area (Å²) in [5, 5.41) is 0. The van der Waals surface area contributed by atoms with E-state index in [1.165, 1.54) is 11.4 Å². The first-order valence-electron chi connectivity index (χ1n) is 6.71.